The van der Waals surface area contributed by atoms with Gasteiger partial charge in [0, 0.05) is 49.9 Å². The second kappa shape index (κ2) is 12.4. The first-order valence-electron chi connectivity index (χ1n) is 19.3. The molecular weight excluding hydrogens is 697 g/mol. The molecule has 10 aromatic carbocycles. The summed E-state index contributed by atoms with van der Waals surface area (Å²) < 4.78 is 13.2. The lowest BCUT2D eigenvalue weighted by Crippen LogP contribution is -2.10. The van der Waals surface area contributed by atoms with Gasteiger partial charge in [-0.25, -0.2) is 4.98 Å². The first kappa shape index (κ1) is 31.6. The first-order chi connectivity index (χ1) is 28.2. The largest absolute Gasteiger partial charge is 0.456 e. The average molecular weight is 729 g/mol. The number of aromatic nitrogens is 1. The maximum absolute atomic E-state index is 6.79. The number of hydrogen-bond acceptors (Lipinski definition) is 4. The van der Waals surface area contributed by atoms with Crippen LogP contribution in [0.2, 0.25) is 0 Å². The maximum atomic E-state index is 6.79. The Morgan fingerprint density at radius 2 is 1.05 bits per heavy atom. The summed E-state index contributed by atoms with van der Waals surface area (Å²) in [5.41, 5.74) is 9.84. The molecule has 0 atom stereocenters. The van der Waals surface area contributed by atoms with E-state index in [2.05, 4.69) is 187 Å². The SMILES string of the molecule is c1ccc(N(c2ccc3c(c2)oc2ccccc23)c2cccc3c2ccc2ccc4ccc5nc(-c6ccc(-c7cccc8ccccc78)cc6)oc5c4c23)cc1. The zero-order chi connectivity index (χ0) is 37.5. The van der Waals surface area contributed by atoms with Crippen molar-refractivity contribution >= 4 is 93.2 Å². The Labute approximate surface area is 327 Å². The number of anilines is 3. The molecule has 0 amide bonds. The van der Waals surface area contributed by atoms with Gasteiger partial charge in [0.15, 0.2) is 5.58 Å². The van der Waals surface area contributed by atoms with Crippen LogP contribution in [0.5, 0.6) is 0 Å². The third-order valence-corrected chi connectivity index (χ3v) is 11.5. The van der Waals surface area contributed by atoms with Crippen LogP contribution in [0, 0.1) is 0 Å². The van der Waals surface area contributed by atoms with E-state index in [1.165, 1.54) is 16.3 Å². The Kier molecular flexibility index (Phi) is 6.89. The van der Waals surface area contributed by atoms with Crippen LogP contribution in [0.3, 0.4) is 0 Å². The van der Waals surface area contributed by atoms with Gasteiger partial charge < -0.3 is 13.7 Å². The fourth-order valence-electron chi connectivity index (χ4n) is 8.81. The average Bonchev–Trinajstić information content (AvgIpc) is 3.88. The predicted molar refractivity (Wildman–Crippen MR) is 237 cm³/mol. The Morgan fingerprint density at radius 3 is 1.95 bits per heavy atom. The van der Waals surface area contributed by atoms with E-state index in [0.29, 0.717) is 5.89 Å². The molecule has 12 aromatic rings. The maximum Gasteiger partial charge on any atom is 0.227 e. The van der Waals surface area contributed by atoms with Gasteiger partial charge >= 0.3 is 0 Å². The Balaban J connectivity index is 1.03. The second-order valence-electron chi connectivity index (χ2n) is 14.7. The number of furan rings is 1. The highest BCUT2D eigenvalue weighted by Gasteiger charge is 2.20. The predicted octanol–water partition coefficient (Wildman–Crippen LogP) is 15.1. The third-order valence-electron chi connectivity index (χ3n) is 11.5. The number of oxazole rings is 1. The highest BCUT2D eigenvalue weighted by Crippen LogP contribution is 2.45. The molecule has 0 bridgehead atoms. The van der Waals surface area contributed by atoms with Crippen molar-refractivity contribution in [2.45, 2.75) is 0 Å². The molecule has 2 aromatic heterocycles. The topological polar surface area (TPSA) is 42.4 Å². The minimum absolute atomic E-state index is 0.608. The quantitative estimate of drug-likeness (QED) is 0.166. The van der Waals surface area contributed by atoms with E-state index in [1.807, 2.05) is 12.1 Å². The van der Waals surface area contributed by atoms with Gasteiger partial charge in [0.25, 0.3) is 0 Å². The molecule has 0 aliphatic rings. The molecule has 0 fully saturated rings. The Bertz CT molecular complexity index is 3520. The summed E-state index contributed by atoms with van der Waals surface area (Å²) in [4.78, 5) is 7.38. The van der Waals surface area contributed by atoms with Gasteiger partial charge in [0.1, 0.15) is 16.7 Å². The number of hydrogen-bond donors (Lipinski definition) is 0. The summed E-state index contributed by atoms with van der Waals surface area (Å²) in [6.07, 6.45) is 0. The molecule has 0 aliphatic carbocycles. The molecule has 266 valence electrons. The molecule has 0 N–H and O–H groups in total. The minimum atomic E-state index is 0.608. The lowest BCUT2D eigenvalue weighted by Gasteiger charge is -2.27. The number of nitrogens with zero attached hydrogens (tertiary/aromatic N) is 2. The van der Waals surface area contributed by atoms with E-state index >= 15 is 0 Å². The molecule has 0 saturated carbocycles. The van der Waals surface area contributed by atoms with Crippen LogP contribution in [0.25, 0.3) is 98.7 Å². The van der Waals surface area contributed by atoms with Crippen LogP contribution in [0.15, 0.2) is 203 Å². The second-order valence-corrected chi connectivity index (χ2v) is 14.7. The number of fused-ring (bicyclic) bond motifs is 11. The van der Waals surface area contributed by atoms with Gasteiger partial charge in [0.05, 0.1) is 5.69 Å². The van der Waals surface area contributed by atoms with Crippen molar-refractivity contribution in [1.29, 1.82) is 0 Å². The van der Waals surface area contributed by atoms with E-state index in [4.69, 9.17) is 13.8 Å². The van der Waals surface area contributed by atoms with Gasteiger partial charge in [-0.15, -0.1) is 0 Å². The van der Waals surface area contributed by atoms with E-state index in [9.17, 15) is 0 Å². The van der Waals surface area contributed by atoms with Crippen LogP contribution < -0.4 is 4.90 Å². The van der Waals surface area contributed by atoms with Gasteiger partial charge in [-0.1, -0.05) is 133 Å². The molecule has 0 aliphatic heterocycles. The van der Waals surface area contributed by atoms with Crippen molar-refractivity contribution in [3.05, 3.63) is 194 Å². The highest BCUT2D eigenvalue weighted by atomic mass is 16.3. The zero-order valence-corrected chi connectivity index (χ0v) is 30.7. The smallest absolute Gasteiger partial charge is 0.227 e. The van der Waals surface area contributed by atoms with Crippen molar-refractivity contribution < 1.29 is 8.83 Å². The van der Waals surface area contributed by atoms with Crippen LogP contribution in [-0.2, 0) is 0 Å². The lowest BCUT2D eigenvalue weighted by molar-refractivity contribution is 0.623. The van der Waals surface area contributed by atoms with Crippen molar-refractivity contribution in [2.75, 3.05) is 4.90 Å². The van der Waals surface area contributed by atoms with E-state index in [0.717, 1.165) is 93.5 Å². The van der Waals surface area contributed by atoms with E-state index < -0.39 is 0 Å². The molecule has 0 radical (unpaired) electrons. The van der Waals surface area contributed by atoms with E-state index in [-0.39, 0.29) is 0 Å². The number of para-hydroxylation sites is 2. The van der Waals surface area contributed by atoms with Crippen molar-refractivity contribution in [1.82, 2.24) is 4.98 Å². The molecular formula is C53H32N2O2. The normalized spacial score (nSPS) is 11.9. The summed E-state index contributed by atoms with van der Waals surface area (Å²) in [6.45, 7) is 0. The number of rotatable bonds is 5. The zero-order valence-electron chi connectivity index (χ0n) is 30.7. The van der Waals surface area contributed by atoms with E-state index in [1.54, 1.807) is 0 Å². The summed E-state index contributed by atoms with van der Waals surface area (Å²) in [5, 5.41) is 11.4. The summed E-state index contributed by atoms with van der Waals surface area (Å²) in [5.74, 6) is 0.608. The Morgan fingerprint density at radius 1 is 0.386 bits per heavy atom. The fourth-order valence-corrected chi connectivity index (χ4v) is 8.81. The third kappa shape index (κ3) is 4.98. The monoisotopic (exact) mass is 728 g/mol. The van der Waals surface area contributed by atoms with Gasteiger partial charge in [-0.2, -0.15) is 0 Å². The van der Waals surface area contributed by atoms with Gasteiger partial charge in [0.2, 0.25) is 5.89 Å². The summed E-state index contributed by atoms with van der Waals surface area (Å²) in [6, 6.07) is 68.6. The number of benzene rings is 10. The summed E-state index contributed by atoms with van der Waals surface area (Å²) in [7, 11) is 0. The molecule has 57 heavy (non-hydrogen) atoms. The fraction of sp³-hybridized carbons (Fsp3) is 0. The molecule has 0 saturated heterocycles. The first-order valence-corrected chi connectivity index (χ1v) is 19.3. The molecule has 12 rings (SSSR count). The Hall–Kier alpha value is -7.69. The van der Waals surface area contributed by atoms with Crippen LogP contribution in [-0.4, -0.2) is 4.98 Å². The summed E-state index contributed by atoms with van der Waals surface area (Å²) >= 11 is 0. The van der Waals surface area contributed by atoms with Crippen LogP contribution in [0.4, 0.5) is 17.1 Å². The molecule has 4 heteroatoms. The lowest BCUT2D eigenvalue weighted by atomic mass is 9.95. The molecule has 4 nitrogen and oxygen atoms in total. The highest BCUT2D eigenvalue weighted by molar-refractivity contribution is 6.27. The van der Waals surface area contributed by atoms with Crippen LogP contribution in [0.1, 0.15) is 0 Å². The van der Waals surface area contributed by atoms with Crippen LogP contribution >= 0.6 is 0 Å². The molecule has 0 spiro atoms. The van der Waals surface area contributed by atoms with Gasteiger partial charge in [-0.05, 0) is 92.7 Å². The van der Waals surface area contributed by atoms with Gasteiger partial charge in [-0.3, -0.25) is 0 Å². The van der Waals surface area contributed by atoms with Crippen molar-refractivity contribution in [3.8, 4) is 22.6 Å². The van der Waals surface area contributed by atoms with Crippen molar-refractivity contribution in [2.24, 2.45) is 0 Å². The standard InChI is InChI=1S/C53H32N2O2/c1-2-12-38(13-3-1)55(39-28-30-44-43-15-6-7-19-48(43)56-49(44)32-39)47-18-9-17-45-42(47)29-26-35-22-23-36-27-31-46-52(51(36)50(35)45)57-53(54-46)37-24-20-34(21-25-37)41-16-8-11-33-10-4-5-14-40(33)41/h1-32H. The van der Waals surface area contributed by atoms with Crippen molar-refractivity contribution in [3.63, 3.8) is 0 Å². The minimum Gasteiger partial charge on any atom is -0.456 e. The molecule has 0 unspecified atom stereocenters. The molecule has 2 heterocycles.